The number of benzene rings is 2. The SMILES string of the molecule is CC(C)CC1CCCCc2nc3cc(C#Cc4ccc(F)cc4)ccc3c(=O)n21. The van der Waals surface area contributed by atoms with Crippen LogP contribution in [-0.4, -0.2) is 9.55 Å². The maximum absolute atomic E-state index is 13.3. The van der Waals surface area contributed by atoms with Crippen LogP contribution in [0.1, 0.15) is 62.5 Å². The summed E-state index contributed by atoms with van der Waals surface area (Å²) in [5.41, 5.74) is 2.32. The summed E-state index contributed by atoms with van der Waals surface area (Å²) in [4.78, 5) is 18.2. The lowest BCUT2D eigenvalue weighted by molar-refractivity contribution is 0.368. The van der Waals surface area contributed by atoms with E-state index in [0.717, 1.165) is 49.1 Å². The van der Waals surface area contributed by atoms with Crippen molar-refractivity contribution in [1.29, 1.82) is 0 Å². The molecule has 3 aromatic rings. The minimum Gasteiger partial charge on any atom is -0.293 e. The zero-order valence-corrected chi connectivity index (χ0v) is 16.9. The lowest BCUT2D eigenvalue weighted by atomic mass is 9.99. The second kappa shape index (κ2) is 8.21. The van der Waals surface area contributed by atoms with Crippen LogP contribution >= 0.6 is 0 Å². The number of nitrogens with zero attached hydrogens (tertiary/aromatic N) is 2. The highest BCUT2D eigenvalue weighted by Crippen LogP contribution is 2.28. The first-order valence-corrected chi connectivity index (χ1v) is 10.3. The van der Waals surface area contributed by atoms with E-state index in [2.05, 4.69) is 25.7 Å². The van der Waals surface area contributed by atoms with Crippen LogP contribution in [0.5, 0.6) is 0 Å². The maximum atomic E-state index is 13.3. The molecule has 1 aliphatic heterocycles. The number of aryl methyl sites for hydroxylation is 1. The molecule has 29 heavy (non-hydrogen) atoms. The number of halogens is 1. The molecule has 1 aromatic heterocycles. The third-order valence-electron chi connectivity index (χ3n) is 5.47. The first-order valence-electron chi connectivity index (χ1n) is 10.3. The second-order valence-electron chi connectivity index (χ2n) is 8.22. The van der Waals surface area contributed by atoms with Crippen LogP contribution in [0.15, 0.2) is 47.3 Å². The Labute approximate surface area is 170 Å². The Balaban J connectivity index is 1.75. The third kappa shape index (κ3) is 4.24. The van der Waals surface area contributed by atoms with Crippen molar-refractivity contribution in [2.75, 3.05) is 0 Å². The van der Waals surface area contributed by atoms with Gasteiger partial charge in [-0.2, -0.15) is 0 Å². The van der Waals surface area contributed by atoms with Gasteiger partial charge < -0.3 is 0 Å². The van der Waals surface area contributed by atoms with Crippen molar-refractivity contribution in [1.82, 2.24) is 9.55 Å². The predicted molar refractivity (Wildman–Crippen MR) is 114 cm³/mol. The Bertz CT molecular complexity index is 1150. The van der Waals surface area contributed by atoms with Crippen molar-refractivity contribution in [3.8, 4) is 11.8 Å². The molecule has 4 rings (SSSR count). The van der Waals surface area contributed by atoms with Crippen LogP contribution in [0.4, 0.5) is 4.39 Å². The van der Waals surface area contributed by atoms with Crippen LogP contribution in [0.3, 0.4) is 0 Å². The molecule has 4 heteroatoms. The van der Waals surface area contributed by atoms with Crippen molar-refractivity contribution in [2.45, 2.75) is 52.0 Å². The van der Waals surface area contributed by atoms with Gasteiger partial charge in [-0.15, -0.1) is 0 Å². The van der Waals surface area contributed by atoms with Crippen molar-refractivity contribution in [3.05, 3.63) is 75.6 Å². The molecule has 1 aliphatic rings. The fraction of sp³-hybridized carbons (Fsp3) is 0.360. The number of hydrogen-bond acceptors (Lipinski definition) is 2. The molecule has 1 unspecified atom stereocenters. The van der Waals surface area contributed by atoms with Gasteiger partial charge in [-0.1, -0.05) is 32.1 Å². The minimum absolute atomic E-state index is 0.0654. The zero-order chi connectivity index (χ0) is 20.4. The molecule has 148 valence electrons. The van der Waals surface area contributed by atoms with E-state index in [1.807, 2.05) is 22.8 Å². The normalized spacial score (nSPS) is 16.2. The Kier molecular flexibility index (Phi) is 5.49. The molecule has 0 bridgehead atoms. The van der Waals surface area contributed by atoms with Gasteiger partial charge in [0.05, 0.1) is 10.9 Å². The van der Waals surface area contributed by atoms with Gasteiger partial charge in [0.1, 0.15) is 11.6 Å². The molecule has 0 saturated heterocycles. The van der Waals surface area contributed by atoms with Crippen molar-refractivity contribution in [2.24, 2.45) is 5.92 Å². The fourth-order valence-electron chi connectivity index (χ4n) is 4.11. The Morgan fingerprint density at radius 3 is 2.59 bits per heavy atom. The molecule has 3 nitrogen and oxygen atoms in total. The van der Waals surface area contributed by atoms with E-state index < -0.39 is 0 Å². The topological polar surface area (TPSA) is 34.9 Å². The molecule has 0 amide bonds. The Hall–Kier alpha value is -2.93. The van der Waals surface area contributed by atoms with Crippen molar-refractivity contribution >= 4 is 10.9 Å². The third-order valence-corrected chi connectivity index (χ3v) is 5.47. The standard InChI is InChI=1S/C25H25FN2O/c1-17(2)15-21-5-3-4-6-24-27-23-16-19(11-14-22(23)25(29)28(21)24)8-7-18-9-12-20(26)13-10-18/h9-14,16-17,21H,3-6,15H2,1-2H3. The summed E-state index contributed by atoms with van der Waals surface area (Å²) in [6.07, 6.45) is 5.08. The summed E-state index contributed by atoms with van der Waals surface area (Å²) in [5.74, 6) is 7.30. The monoisotopic (exact) mass is 388 g/mol. The van der Waals surface area contributed by atoms with E-state index in [9.17, 15) is 9.18 Å². The maximum Gasteiger partial charge on any atom is 0.261 e. The first-order chi connectivity index (χ1) is 14.0. The first kappa shape index (κ1) is 19.4. The highest BCUT2D eigenvalue weighted by atomic mass is 19.1. The van der Waals surface area contributed by atoms with Crippen molar-refractivity contribution < 1.29 is 4.39 Å². The van der Waals surface area contributed by atoms with E-state index in [1.165, 1.54) is 12.1 Å². The molecular weight excluding hydrogens is 363 g/mol. The summed E-state index contributed by atoms with van der Waals surface area (Å²) in [5, 5.41) is 0.650. The van der Waals surface area contributed by atoms with E-state index >= 15 is 0 Å². The fourth-order valence-corrected chi connectivity index (χ4v) is 4.11. The molecule has 0 radical (unpaired) electrons. The zero-order valence-electron chi connectivity index (χ0n) is 16.9. The lowest BCUT2D eigenvalue weighted by Crippen LogP contribution is -2.29. The number of rotatable bonds is 2. The van der Waals surface area contributed by atoms with E-state index in [1.54, 1.807) is 12.1 Å². The molecule has 2 aromatic carbocycles. The van der Waals surface area contributed by atoms with E-state index in [4.69, 9.17) is 4.98 Å². The van der Waals surface area contributed by atoms with Gasteiger partial charge in [0, 0.05) is 23.6 Å². The largest absolute Gasteiger partial charge is 0.293 e. The molecule has 2 heterocycles. The minimum atomic E-state index is -0.276. The quantitative estimate of drug-likeness (QED) is 0.562. The van der Waals surface area contributed by atoms with Crippen LogP contribution in [0, 0.1) is 23.6 Å². The second-order valence-corrected chi connectivity index (χ2v) is 8.22. The average Bonchev–Trinajstić information content (AvgIpc) is 2.89. The summed E-state index contributed by atoms with van der Waals surface area (Å²) < 4.78 is 15.0. The molecule has 0 fully saturated rings. The summed E-state index contributed by atoms with van der Waals surface area (Å²) in [7, 11) is 0. The van der Waals surface area contributed by atoms with Crippen LogP contribution in [0.25, 0.3) is 10.9 Å². The predicted octanol–water partition coefficient (Wildman–Crippen LogP) is 5.25. The van der Waals surface area contributed by atoms with E-state index in [-0.39, 0.29) is 17.4 Å². The van der Waals surface area contributed by atoms with Crippen LogP contribution in [0.2, 0.25) is 0 Å². The van der Waals surface area contributed by atoms with Gasteiger partial charge in [0.15, 0.2) is 0 Å². The molecule has 0 aliphatic carbocycles. The average molecular weight is 388 g/mol. The molecular formula is C25H25FN2O. The number of aromatic nitrogens is 2. The van der Waals surface area contributed by atoms with Gasteiger partial charge in [-0.25, -0.2) is 9.37 Å². The molecule has 0 spiro atoms. The summed E-state index contributed by atoms with van der Waals surface area (Å²) in [6, 6.07) is 11.9. The Morgan fingerprint density at radius 1 is 1.10 bits per heavy atom. The smallest absolute Gasteiger partial charge is 0.261 e. The van der Waals surface area contributed by atoms with Crippen LogP contribution < -0.4 is 5.56 Å². The van der Waals surface area contributed by atoms with Crippen molar-refractivity contribution in [3.63, 3.8) is 0 Å². The Morgan fingerprint density at radius 2 is 1.83 bits per heavy atom. The van der Waals surface area contributed by atoms with Gasteiger partial charge in [0.25, 0.3) is 5.56 Å². The molecule has 0 saturated carbocycles. The molecule has 0 N–H and O–H groups in total. The molecule has 1 atom stereocenters. The van der Waals surface area contributed by atoms with E-state index in [0.29, 0.717) is 16.8 Å². The van der Waals surface area contributed by atoms with Gasteiger partial charge in [-0.05, 0) is 67.6 Å². The van der Waals surface area contributed by atoms with Crippen LogP contribution in [-0.2, 0) is 6.42 Å². The highest BCUT2D eigenvalue weighted by Gasteiger charge is 2.22. The summed E-state index contributed by atoms with van der Waals surface area (Å²) >= 11 is 0. The van der Waals surface area contributed by atoms with Gasteiger partial charge in [0.2, 0.25) is 0 Å². The van der Waals surface area contributed by atoms with Gasteiger partial charge >= 0.3 is 0 Å². The van der Waals surface area contributed by atoms with Gasteiger partial charge in [-0.3, -0.25) is 9.36 Å². The lowest BCUT2D eigenvalue weighted by Gasteiger charge is -2.22. The number of hydrogen-bond donors (Lipinski definition) is 0. The highest BCUT2D eigenvalue weighted by molar-refractivity contribution is 5.79. The number of fused-ring (bicyclic) bond motifs is 2. The summed E-state index contributed by atoms with van der Waals surface area (Å²) in [6.45, 7) is 4.41.